The fraction of sp³-hybridized carbons (Fsp3) is 0.400. The van der Waals surface area contributed by atoms with E-state index in [4.69, 9.17) is 0 Å². The molecule has 1 aliphatic carbocycles. The van der Waals surface area contributed by atoms with Gasteiger partial charge in [-0.05, 0) is 25.0 Å². The molecule has 0 amide bonds. The largest absolute Gasteiger partial charge is 0.312 e. The molecule has 1 fully saturated rings. The zero-order chi connectivity index (χ0) is 15.6. The molecule has 0 aliphatic heterocycles. The number of nitrogens with one attached hydrogen (secondary N) is 2. The highest BCUT2D eigenvalue weighted by atomic mass is 32.2. The van der Waals surface area contributed by atoms with Crippen LogP contribution in [0.4, 0.5) is 0 Å². The van der Waals surface area contributed by atoms with E-state index in [1.165, 1.54) is 6.42 Å². The van der Waals surface area contributed by atoms with Crippen molar-refractivity contribution in [2.24, 2.45) is 0 Å². The third kappa shape index (κ3) is 3.48. The van der Waals surface area contributed by atoms with Crippen LogP contribution in [-0.4, -0.2) is 19.4 Å². The van der Waals surface area contributed by atoms with Crippen LogP contribution in [0.15, 0.2) is 39.3 Å². The lowest BCUT2D eigenvalue weighted by Gasteiger charge is -2.22. The summed E-state index contributed by atoms with van der Waals surface area (Å²) >= 11 is 1.06. The van der Waals surface area contributed by atoms with Gasteiger partial charge in [-0.1, -0.05) is 42.7 Å². The first kappa shape index (κ1) is 15.5. The quantitative estimate of drug-likeness (QED) is 0.899. The molecule has 2 aromatic rings. The first-order valence-electron chi connectivity index (χ1n) is 7.35. The van der Waals surface area contributed by atoms with E-state index in [0.29, 0.717) is 11.3 Å². The third-order valence-electron chi connectivity index (χ3n) is 3.90. The first-order valence-corrected chi connectivity index (χ1v) is 9.71. The molecular weight excluding hydrogens is 320 g/mol. The topological polar surface area (TPSA) is 79.0 Å². The van der Waals surface area contributed by atoms with Gasteiger partial charge < -0.3 is 4.98 Å². The van der Waals surface area contributed by atoms with Crippen LogP contribution in [0.25, 0.3) is 11.3 Å². The van der Waals surface area contributed by atoms with Crippen molar-refractivity contribution in [3.8, 4) is 11.3 Å². The molecule has 0 radical (unpaired) electrons. The minimum Gasteiger partial charge on any atom is -0.312 e. The minimum atomic E-state index is -3.52. The molecule has 118 valence electrons. The summed E-state index contributed by atoms with van der Waals surface area (Å²) < 4.78 is 27.8. The lowest BCUT2D eigenvalue weighted by Crippen LogP contribution is -2.36. The molecule has 7 heteroatoms. The van der Waals surface area contributed by atoms with Crippen molar-refractivity contribution >= 4 is 21.4 Å². The van der Waals surface area contributed by atoms with Crippen LogP contribution in [0.3, 0.4) is 0 Å². The monoisotopic (exact) mass is 338 g/mol. The number of hydrogen-bond donors (Lipinski definition) is 2. The van der Waals surface area contributed by atoms with Crippen molar-refractivity contribution in [3.63, 3.8) is 0 Å². The van der Waals surface area contributed by atoms with Gasteiger partial charge in [-0.25, -0.2) is 13.1 Å². The van der Waals surface area contributed by atoms with E-state index in [2.05, 4.69) is 9.71 Å². The molecule has 3 rings (SSSR count). The molecule has 22 heavy (non-hydrogen) atoms. The maximum absolute atomic E-state index is 12.5. The first-order chi connectivity index (χ1) is 10.5. The second-order valence-electron chi connectivity index (χ2n) is 5.55. The maximum Gasteiger partial charge on any atom is 0.304 e. The number of aromatic nitrogens is 1. The molecule has 1 aromatic carbocycles. The van der Waals surface area contributed by atoms with Gasteiger partial charge in [-0.3, -0.25) is 4.79 Å². The predicted molar refractivity (Wildman–Crippen MR) is 87.6 cm³/mol. The second-order valence-corrected chi connectivity index (χ2v) is 8.10. The van der Waals surface area contributed by atoms with Crippen molar-refractivity contribution in [1.82, 2.24) is 9.71 Å². The maximum atomic E-state index is 12.5. The number of sulfonamides is 1. The van der Waals surface area contributed by atoms with Crippen molar-refractivity contribution in [1.29, 1.82) is 0 Å². The zero-order valence-corrected chi connectivity index (χ0v) is 13.7. The van der Waals surface area contributed by atoms with Gasteiger partial charge in [-0.15, -0.1) is 0 Å². The summed E-state index contributed by atoms with van der Waals surface area (Å²) in [5.41, 5.74) is 1.34. The highest BCUT2D eigenvalue weighted by Crippen LogP contribution is 2.23. The third-order valence-corrected chi connectivity index (χ3v) is 6.09. The molecule has 0 bridgehead atoms. The zero-order valence-electron chi connectivity index (χ0n) is 12.0. The minimum absolute atomic E-state index is 0.0309. The van der Waals surface area contributed by atoms with Gasteiger partial charge >= 0.3 is 4.87 Å². The van der Waals surface area contributed by atoms with Gasteiger partial charge in [0.05, 0.1) is 10.6 Å². The van der Waals surface area contributed by atoms with Crippen LogP contribution in [0.5, 0.6) is 0 Å². The molecule has 0 unspecified atom stereocenters. The Morgan fingerprint density at radius 1 is 1.18 bits per heavy atom. The Morgan fingerprint density at radius 3 is 2.64 bits per heavy atom. The Balaban J connectivity index is 1.85. The summed E-state index contributed by atoms with van der Waals surface area (Å²) in [5.74, 6) is 0. The van der Waals surface area contributed by atoms with E-state index in [-0.39, 0.29) is 15.8 Å². The highest BCUT2D eigenvalue weighted by Gasteiger charge is 2.22. The summed E-state index contributed by atoms with van der Waals surface area (Å²) in [6.07, 6.45) is 5.12. The fourth-order valence-corrected chi connectivity index (χ4v) is 4.70. The highest BCUT2D eigenvalue weighted by molar-refractivity contribution is 7.89. The van der Waals surface area contributed by atoms with Crippen molar-refractivity contribution in [2.75, 3.05) is 0 Å². The van der Waals surface area contributed by atoms with E-state index in [9.17, 15) is 13.2 Å². The van der Waals surface area contributed by atoms with Crippen molar-refractivity contribution < 1.29 is 8.42 Å². The van der Waals surface area contributed by atoms with Gasteiger partial charge in [0.15, 0.2) is 0 Å². The number of H-pyrrole nitrogens is 1. The number of rotatable bonds is 4. The number of aromatic amines is 1. The lowest BCUT2D eigenvalue weighted by molar-refractivity contribution is 0.412. The fourth-order valence-electron chi connectivity index (χ4n) is 2.76. The Hall–Kier alpha value is -1.44. The summed E-state index contributed by atoms with van der Waals surface area (Å²) in [7, 11) is -3.52. The van der Waals surface area contributed by atoms with E-state index < -0.39 is 10.0 Å². The van der Waals surface area contributed by atoms with Crippen LogP contribution >= 0.6 is 11.3 Å². The Morgan fingerprint density at radius 2 is 1.95 bits per heavy atom. The smallest absolute Gasteiger partial charge is 0.304 e. The van der Waals surface area contributed by atoms with Crippen molar-refractivity contribution in [2.45, 2.75) is 43.0 Å². The van der Waals surface area contributed by atoms with Crippen LogP contribution < -0.4 is 9.60 Å². The molecule has 1 aliphatic rings. The normalized spacial score (nSPS) is 16.7. The van der Waals surface area contributed by atoms with Gasteiger partial charge in [0.25, 0.3) is 0 Å². The van der Waals surface area contributed by atoms with Gasteiger partial charge in [0, 0.05) is 17.0 Å². The lowest BCUT2D eigenvalue weighted by atomic mass is 9.96. The molecular formula is C15H18N2O3S2. The van der Waals surface area contributed by atoms with Crippen LogP contribution in [0.1, 0.15) is 32.1 Å². The predicted octanol–water partition coefficient (Wildman–Crippen LogP) is 2.71. The molecule has 1 aromatic heterocycles. The average molecular weight is 338 g/mol. The van der Waals surface area contributed by atoms with Crippen molar-refractivity contribution in [3.05, 3.63) is 39.3 Å². The van der Waals surface area contributed by atoms with Crippen LogP contribution in [-0.2, 0) is 10.0 Å². The van der Waals surface area contributed by atoms with Crippen LogP contribution in [0, 0.1) is 0 Å². The summed E-state index contributed by atoms with van der Waals surface area (Å²) in [4.78, 5) is 14.0. The molecule has 0 atom stereocenters. The summed E-state index contributed by atoms with van der Waals surface area (Å²) in [6.45, 7) is 0. The van der Waals surface area contributed by atoms with Gasteiger partial charge in [-0.2, -0.15) is 0 Å². The molecule has 1 heterocycles. The SMILES string of the molecule is O=c1[nH]c(-c2cccc(S(=O)(=O)NC3CCCCC3)c2)cs1. The molecule has 2 N–H and O–H groups in total. The standard InChI is InChI=1S/C15H18N2O3S2/c18-15-16-14(10-21-15)11-5-4-8-13(9-11)22(19,20)17-12-6-2-1-3-7-12/h4-5,8-10,12,17H,1-3,6-7H2,(H,16,18). The van der Waals surface area contributed by atoms with E-state index >= 15 is 0 Å². The summed E-state index contributed by atoms with van der Waals surface area (Å²) in [6, 6.07) is 6.70. The Kier molecular flexibility index (Phi) is 4.46. The van der Waals surface area contributed by atoms with Crippen LogP contribution in [0.2, 0.25) is 0 Å². The number of benzene rings is 1. The van der Waals surface area contributed by atoms with E-state index in [0.717, 1.165) is 37.0 Å². The number of thiazole rings is 1. The summed E-state index contributed by atoms with van der Waals surface area (Å²) in [5, 5.41) is 1.70. The molecule has 1 saturated carbocycles. The Labute approximate surface area is 133 Å². The molecule has 5 nitrogen and oxygen atoms in total. The average Bonchev–Trinajstić information content (AvgIpc) is 2.95. The van der Waals surface area contributed by atoms with Gasteiger partial charge in [0.1, 0.15) is 0 Å². The Bertz CT molecular complexity index is 802. The number of hydrogen-bond acceptors (Lipinski definition) is 4. The van der Waals surface area contributed by atoms with Gasteiger partial charge in [0.2, 0.25) is 10.0 Å². The van der Waals surface area contributed by atoms with E-state index in [1.54, 1.807) is 29.6 Å². The van der Waals surface area contributed by atoms with E-state index in [1.807, 2.05) is 0 Å². The molecule has 0 spiro atoms. The molecule has 0 saturated heterocycles. The second kappa shape index (κ2) is 6.36.